The Kier molecular flexibility index (Phi) is 5.57. The van der Waals surface area contributed by atoms with Gasteiger partial charge in [-0.1, -0.05) is 30.3 Å². The van der Waals surface area contributed by atoms with Gasteiger partial charge in [-0.2, -0.15) is 0 Å². The van der Waals surface area contributed by atoms with E-state index in [1.807, 2.05) is 30.3 Å². The topological polar surface area (TPSA) is 76.1 Å². The van der Waals surface area contributed by atoms with Gasteiger partial charge in [0, 0.05) is 6.54 Å². The third-order valence-corrected chi connectivity index (χ3v) is 3.28. The Morgan fingerprint density at radius 3 is 2.76 bits per heavy atom. The molecule has 2 rings (SSSR count). The molecule has 1 atom stereocenters. The summed E-state index contributed by atoms with van der Waals surface area (Å²) >= 11 is 0. The summed E-state index contributed by atoms with van der Waals surface area (Å²) in [5, 5.41) is 8.60. The van der Waals surface area contributed by atoms with Crippen LogP contribution in [0.4, 0.5) is 4.79 Å². The summed E-state index contributed by atoms with van der Waals surface area (Å²) in [4.78, 5) is 24.0. The van der Waals surface area contributed by atoms with Crippen LogP contribution in [0.15, 0.2) is 30.3 Å². The molecule has 114 valence electrons. The Morgan fingerprint density at radius 2 is 2.05 bits per heavy atom. The highest BCUT2D eigenvalue weighted by atomic mass is 16.6. The van der Waals surface area contributed by atoms with Crippen molar-refractivity contribution in [3.05, 3.63) is 35.9 Å². The van der Waals surface area contributed by atoms with Gasteiger partial charge in [0.25, 0.3) is 0 Å². The minimum atomic E-state index is -1.00. The van der Waals surface area contributed by atoms with Gasteiger partial charge in [-0.05, 0) is 18.4 Å². The van der Waals surface area contributed by atoms with E-state index in [9.17, 15) is 9.59 Å². The van der Waals surface area contributed by atoms with Gasteiger partial charge < -0.3 is 19.5 Å². The Hall–Kier alpha value is -2.08. The van der Waals surface area contributed by atoms with E-state index in [1.54, 1.807) is 4.90 Å². The highest BCUT2D eigenvalue weighted by molar-refractivity contribution is 5.68. The van der Waals surface area contributed by atoms with Crippen LogP contribution in [0.3, 0.4) is 0 Å². The van der Waals surface area contributed by atoms with E-state index < -0.39 is 5.97 Å². The van der Waals surface area contributed by atoms with Crippen LogP contribution in [0.5, 0.6) is 0 Å². The molecule has 1 fully saturated rings. The lowest BCUT2D eigenvalue weighted by molar-refractivity contribution is -0.145. The number of amides is 1. The largest absolute Gasteiger partial charge is 0.480 e. The minimum Gasteiger partial charge on any atom is -0.480 e. The van der Waals surface area contributed by atoms with Crippen LogP contribution in [0.1, 0.15) is 18.4 Å². The molecule has 0 unspecified atom stereocenters. The molecule has 1 saturated heterocycles. The van der Waals surface area contributed by atoms with E-state index in [4.69, 9.17) is 14.6 Å². The van der Waals surface area contributed by atoms with E-state index in [1.165, 1.54) is 0 Å². The second-order valence-electron chi connectivity index (χ2n) is 4.96. The van der Waals surface area contributed by atoms with Gasteiger partial charge in [-0.3, -0.25) is 0 Å². The van der Waals surface area contributed by atoms with Crippen LogP contribution in [0.25, 0.3) is 0 Å². The van der Waals surface area contributed by atoms with Crippen LogP contribution < -0.4 is 0 Å². The van der Waals surface area contributed by atoms with Gasteiger partial charge in [0.15, 0.2) is 0 Å². The SMILES string of the molecule is O=C(O)CO[C@H]1CCCN(C(=O)OCc2ccccc2)C1. The maximum Gasteiger partial charge on any atom is 0.410 e. The molecule has 0 saturated carbocycles. The van der Waals surface area contributed by atoms with E-state index in [-0.39, 0.29) is 25.4 Å². The molecule has 21 heavy (non-hydrogen) atoms. The molecular formula is C15H19NO5. The maximum absolute atomic E-state index is 12.0. The molecule has 1 aliphatic heterocycles. The fourth-order valence-corrected chi connectivity index (χ4v) is 2.24. The number of rotatable bonds is 5. The van der Waals surface area contributed by atoms with Crippen LogP contribution >= 0.6 is 0 Å². The van der Waals surface area contributed by atoms with Crippen LogP contribution in [-0.4, -0.2) is 47.9 Å². The second kappa shape index (κ2) is 7.64. The molecular weight excluding hydrogens is 274 g/mol. The quantitative estimate of drug-likeness (QED) is 0.897. The molecule has 6 heteroatoms. The number of carbonyl (C=O) groups is 2. The summed E-state index contributed by atoms with van der Waals surface area (Å²) in [6.45, 7) is 0.885. The van der Waals surface area contributed by atoms with E-state index in [0.717, 1.165) is 18.4 Å². The van der Waals surface area contributed by atoms with Crippen molar-refractivity contribution in [2.75, 3.05) is 19.7 Å². The number of likely N-dealkylation sites (tertiary alicyclic amines) is 1. The molecule has 1 aromatic rings. The molecule has 0 aliphatic carbocycles. The number of ether oxygens (including phenoxy) is 2. The Balaban J connectivity index is 1.77. The molecule has 1 heterocycles. The fraction of sp³-hybridized carbons (Fsp3) is 0.467. The molecule has 0 aromatic heterocycles. The first-order valence-electron chi connectivity index (χ1n) is 6.94. The van der Waals surface area contributed by atoms with Crippen molar-refractivity contribution >= 4 is 12.1 Å². The molecule has 1 N–H and O–H groups in total. The number of carboxylic acid groups (broad SMARTS) is 1. The summed E-state index contributed by atoms with van der Waals surface area (Å²) in [5.41, 5.74) is 0.932. The smallest absolute Gasteiger partial charge is 0.410 e. The molecule has 1 aliphatic rings. The van der Waals surface area contributed by atoms with Crippen LogP contribution in [-0.2, 0) is 20.9 Å². The monoisotopic (exact) mass is 293 g/mol. The first-order chi connectivity index (χ1) is 10.1. The van der Waals surface area contributed by atoms with Crippen LogP contribution in [0.2, 0.25) is 0 Å². The summed E-state index contributed by atoms with van der Waals surface area (Å²) in [6.07, 6.45) is 0.919. The minimum absolute atomic E-state index is 0.233. The van der Waals surface area contributed by atoms with Crippen molar-refractivity contribution in [1.29, 1.82) is 0 Å². The number of aliphatic carboxylic acids is 1. The Bertz CT molecular complexity index is 476. The molecule has 0 bridgehead atoms. The average Bonchev–Trinajstić information content (AvgIpc) is 2.52. The predicted molar refractivity (Wildman–Crippen MR) is 74.8 cm³/mol. The zero-order valence-electron chi connectivity index (χ0n) is 11.7. The van der Waals surface area contributed by atoms with Crippen molar-refractivity contribution in [3.63, 3.8) is 0 Å². The molecule has 6 nitrogen and oxygen atoms in total. The van der Waals surface area contributed by atoms with Crippen LogP contribution in [0, 0.1) is 0 Å². The van der Waals surface area contributed by atoms with Gasteiger partial charge in [0.05, 0.1) is 12.6 Å². The number of carboxylic acids is 1. The van der Waals surface area contributed by atoms with Crippen molar-refractivity contribution < 1.29 is 24.2 Å². The molecule has 1 amide bonds. The third kappa shape index (κ3) is 5.07. The lowest BCUT2D eigenvalue weighted by Crippen LogP contribution is -2.43. The first-order valence-corrected chi connectivity index (χ1v) is 6.94. The fourth-order valence-electron chi connectivity index (χ4n) is 2.24. The summed E-state index contributed by atoms with van der Waals surface area (Å²) in [6, 6.07) is 9.46. The number of benzene rings is 1. The highest BCUT2D eigenvalue weighted by Gasteiger charge is 2.25. The third-order valence-electron chi connectivity index (χ3n) is 3.28. The van der Waals surface area contributed by atoms with Gasteiger partial charge in [-0.15, -0.1) is 0 Å². The Morgan fingerprint density at radius 1 is 1.29 bits per heavy atom. The predicted octanol–water partition coefficient (Wildman–Crippen LogP) is 1.89. The Labute approximate surface area is 123 Å². The van der Waals surface area contributed by atoms with Crippen molar-refractivity contribution in [2.24, 2.45) is 0 Å². The lowest BCUT2D eigenvalue weighted by Gasteiger charge is -2.31. The van der Waals surface area contributed by atoms with Crippen molar-refractivity contribution in [1.82, 2.24) is 4.90 Å². The number of nitrogens with zero attached hydrogens (tertiary/aromatic N) is 1. The zero-order valence-corrected chi connectivity index (χ0v) is 11.7. The first kappa shape index (κ1) is 15.3. The van der Waals surface area contributed by atoms with Gasteiger partial charge in [-0.25, -0.2) is 9.59 Å². The molecule has 0 radical (unpaired) electrons. The normalized spacial score (nSPS) is 18.3. The maximum atomic E-state index is 12.0. The summed E-state index contributed by atoms with van der Waals surface area (Å²) in [7, 11) is 0. The number of piperidine rings is 1. The van der Waals surface area contributed by atoms with Gasteiger partial charge in [0.1, 0.15) is 13.2 Å². The van der Waals surface area contributed by atoms with E-state index >= 15 is 0 Å². The molecule has 1 aromatic carbocycles. The second-order valence-corrected chi connectivity index (χ2v) is 4.96. The lowest BCUT2D eigenvalue weighted by atomic mass is 10.1. The van der Waals surface area contributed by atoms with Gasteiger partial charge >= 0.3 is 12.1 Å². The van der Waals surface area contributed by atoms with Crippen molar-refractivity contribution in [2.45, 2.75) is 25.6 Å². The average molecular weight is 293 g/mol. The van der Waals surface area contributed by atoms with E-state index in [0.29, 0.717) is 13.1 Å². The standard InChI is InChI=1S/C15H19NO5/c17-14(18)11-20-13-7-4-8-16(9-13)15(19)21-10-12-5-2-1-3-6-12/h1-3,5-6,13H,4,7-11H2,(H,17,18)/t13-/m0/s1. The number of hydrogen-bond acceptors (Lipinski definition) is 4. The summed E-state index contributed by atoms with van der Waals surface area (Å²) < 4.78 is 10.5. The van der Waals surface area contributed by atoms with Crippen molar-refractivity contribution in [3.8, 4) is 0 Å². The summed E-state index contributed by atoms with van der Waals surface area (Å²) in [5.74, 6) is -1.00. The number of hydrogen-bond donors (Lipinski definition) is 1. The number of carbonyl (C=O) groups excluding carboxylic acids is 1. The zero-order chi connectivity index (χ0) is 15.1. The van der Waals surface area contributed by atoms with E-state index in [2.05, 4.69) is 0 Å². The highest BCUT2D eigenvalue weighted by Crippen LogP contribution is 2.14. The molecule has 0 spiro atoms. The van der Waals surface area contributed by atoms with Gasteiger partial charge in [0.2, 0.25) is 0 Å².